The van der Waals surface area contributed by atoms with Crippen LogP contribution >= 0.6 is 11.6 Å². The summed E-state index contributed by atoms with van der Waals surface area (Å²) < 4.78 is 0. The molecule has 32 heavy (non-hydrogen) atoms. The van der Waals surface area contributed by atoms with Gasteiger partial charge in [0.15, 0.2) is 11.6 Å². The van der Waals surface area contributed by atoms with E-state index in [-0.39, 0.29) is 11.9 Å². The zero-order chi connectivity index (χ0) is 22.1. The molecule has 2 aromatic heterocycles. The Morgan fingerprint density at radius 1 is 1.12 bits per heavy atom. The zero-order valence-electron chi connectivity index (χ0n) is 17.7. The summed E-state index contributed by atoms with van der Waals surface area (Å²) in [5.74, 6) is 1.86. The first-order chi connectivity index (χ1) is 15.6. The number of fused-ring (bicyclic) bond motifs is 1. The molecule has 8 heteroatoms. The molecule has 0 bridgehead atoms. The Kier molecular flexibility index (Phi) is 5.49. The fourth-order valence-corrected chi connectivity index (χ4v) is 4.48. The molecule has 1 fully saturated rings. The zero-order valence-corrected chi connectivity index (χ0v) is 18.4. The molecule has 2 aromatic carbocycles. The summed E-state index contributed by atoms with van der Waals surface area (Å²) in [6.07, 6.45) is 2.92. The number of anilines is 2. The summed E-state index contributed by atoms with van der Waals surface area (Å²) in [6.45, 7) is 2.35. The van der Waals surface area contributed by atoms with Crippen LogP contribution in [0.3, 0.4) is 0 Å². The quantitative estimate of drug-likeness (QED) is 0.432. The van der Waals surface area contributed by atoms with Crippen LogP contribution in [0.25, 0.3) is 22.3 Å². The van der Waals surface area contributed by atoms with E-state index in [9.17, 15) is 4.79 Å². The van der Waals surface area contributed by atoms with Crippen LogP contribution in [0, 0.1) is 0 Å². The number of nitrogens with zero attached hydrogens (tertiary/aromatic N) is 4. The van der Waals surface area contributed by atoms with Crippen LogP contribution in [0.15, 0.2) is 54.6 Å². The van der Waals surface area contributed by atoms with Crippen LogP contribution in [-0.2, 0) is 4.79 Å². The molecule has 4 aromatic rings. The Hall–Kier alpha value is -3.45. The first-order valence-electron chi connectivity index (χ1n) is 10.7. The topological polar surface area (TPSA) is 86.8 Å². The molecule has 1 unspecified atom stereocenters. The number of amides is 1. The summed E-state index contributed by atoms with van der Waals surface area (Å²) >= 11 is 6.47. The third kappa shape index (κ3) is 3.91. The highest BCUT2D eigenvalue weighted by Gasteiger charge is 2.28. The van der Waals surface area contributed by atoms with Crippen LogP contribution < -0.4 is 5.32 Å². The molecular formula is C24H23ClN6O. The van der Waals surface area contributed by atoms with Crippen LogP contribution in [0.4, 0.5) is 11.6 Å². The molecule has 1 amide bonds. The van der Waals surface area contributed by atoms with E-state index in [4.69, 9.17) is 21.6 Å². The van der Waals surface area contributed by atoms with E-state index < -0.39 is 0 Å². The minimum atomic E-state index is -0.0954. The highest BCUT2D eigenvalue weighted by molar-refractivity contribution is 6.33. The molecule has 0 aliphatic carbocycles. The number of rotatable bonds is 4. The molecule has 1 atom stereocenters. The molecule has 1 aliphatic rings. The van der Waals surface area contributed by atoms with Crippen molar-refractivity contribution in [2.45, 2.75) is 32.2 Å². The number of aromatic amines is 1. The summed E-state index contributed by atoms with van der Waals surface area (Å²) in [7, 11) is 0. The van der Waals surface area contributed by atoms with Gasteiger partial charge in [-0.25, -0.2) is 9.97 Å². The largest absolute Gasteiger partial charge is 0.334 e. The fourth-order valence-electron chi connectivity index (χ4n) is 4.26. The molecule has 1 aliphatic heterocycles. The van der Waals surface area contributed by atoms with Crippen LogP contribution in [0.5, 0.6) is 0 Å². The van der Waals surface area contributed by atoms with Crippen molar-refractivity contribution in [1.29, 1.82) is 0 Å². The van der Waals surface area contributed by atoms with Crippen molar-refractivity contribution in [2.24, 2.45) is 0 Å². The van der Waals surface area contributed by atoms with Gasteiger partial charge in [-0.3, -0.25) is 9.89 Å². The number of aromatic nitrogens is 4. The van der Waals surface area contributed by atoms with Crippen molar-refractivity contribution in [1.82, 2.24) is 25.1 Å². The molecule has 0 saturated carbocycles. The maximum absolute atomic E-state index is 12.3. The lowest BCUT2D eigenvalue weighted by atomic mass is 9.98. The van der Waals surface area contributed by atoms with Crippen molar-refractivity contribution < 1.29 is 4.79 Å². The molecular weight excluding hydrogens is 424 g/mol. The van der Waals surface area contributed by atoms with E-state index in [0.29, 0.717) is 22.5 Å². The average molecular weight is 447 g/mol. The number of nitrogens with one attached hydrogen (secondary N) is 2. The van der Waals surface area contributed by atoms with Gasteiger partial charge in [-0.1, -0.05) is 35.9 Å². The first-order valence-corrected chi connectivity index (χ1v) is 11.1. The van der Waals surface area contributed by atoms with Crippen LogP contribution in [0.2, 0.25) is 5.02 Å². The second-order valence-corrected chi connectivity index (χ2v) is 8.36. The van der Waals surface area contributed by atoms with Crippen molar-refractivity contribution in [2.75, 3.05) is 11.9 Å². The van der Waals surface area contributed by atoms with E-state index >= 15 is 0 Å². The number of hydrogen-bond acceptors (Lipinski definition) is 5. The SMILES string of the molecule is CC(=O)N1CCCCC1c1cc(Nc2n[nH]c3ccccc23)nc(-c2ccccc2Cl)n1. The highest BCUT2D eigenvalue weighted by Crippen LogP contribution is 2.34. The number of halogens is 1. The minimum absolute atomic E-state index is 0.0559. The number of piperidine rings is 1. The molecule has 5 rings (SSSR count). The van der Waals surface area contributed by atoms with E-state index in [2.05, 4.69) is 15.5 Å². The monoisotopic (exact) mass is 446 g/mol. The summed E-state index contributed by atoms with van der Waals surface area (Å²) in [5, 5.41) is 12.3. The Labute approximate surface area is 190 Å². The Balaban J connectivity index is 1.61. The summed E-state index contributed by atoms with van der Waals surface area (Å²) in [6, 6.07) is 17.2. The lowest BCUT2D eigenvalue weighted by molar-refractivity contribution is -0.132. The maximum atomic E-state index is 12.3. The smallest absolute Gasteiger partial charge is 0.220 e. The molecule has 0 radical (unpaired) electrons. The van der Waals surface area contributed by atoms with Gasteiger partial charge in [-0.15, -0.1) is 0 Å². The van der Waals surface area contributed by atoms with Crippen molar-refractivity contribution in [3.63, 3.8) is 0 Å². The number of benzene rings is 2. The van der Waals surface area contributed by atoms with Crippen molar-refractivity contribution in [3.8, 4) is 11.4 Å². The third-order valence-electron chi connectivity index (χ3n) is 5.83. The second kappa shape index (κ2) is 8.59. The Morgan fingerprint density at radius 3 is 2.78 bits per heavy atom. The van der Waals surface area contributed by atoms with Gasteiger partial charge in [-0.05, 0) is 43.5 Å². The van der Waals surface area contributed by atoms with Gasteiger partial charge in [0.2, 0.25) is 5.91 Å². The van der Waals surface area contributed by atoms with E-state index in [0.717, 1.165) is 48.0 Å². The fraction of sp³-hybridized carbons (Fsp3) is 0.250. The lowest BCUT2D eigenvalue weighted by Crippen LogP contribution is -2.37. The Morgan fingerprint density at radius 2 is 1.94 bits per heavy atom. The third-order valence-corrected chi connectivity index (χ3v) is 6.16. The molecule has 162 valence electrons. The van der Waals surface area contributed by atoms with Gasteiger partial charge >= 0.3 is 0 Å². The number of carbonyl (C=O) groups is 1. The van der Waals surface area contributed by atoms with Gasteiger partial charge in [0.1, 0.15) is 5.82 Å². The number of H-pyrrole nitrogens is 1. The van der Waals surface area contributed by atoms with Crippen molar-refractivity contribution >= 4 is 40.0 Å². The number of para-hydroxylation sites is 1. The predicted molar refractivity (Wildman–Crippen MR) is 126 cm³/mol. The molecule has 1 saturated heterocycles. The van der Waals surface area contributed by atoms with Gasteiger partial charge in [0.25, 0.3) is 0 Å². The molecule has 2 N–H and O–H groups in total. The van der Waals surface area contributed by atoms with Crippen LogP contribution in [0.1, 0.15) is 37.9 Å². The molecule has 3 heterocycles. The molecule has 0 spiro atoms. The standard InChI is InChI=1S/C24H23ClN6O/c1-15(32)31-13-7-6-12-21(31)20-14-22(27-23(26-20)16-8-2-4-10-18(16)25)28-24-17-9-3-5-11-19(17)29-30-24/h2-5,8-11,14,21H,6-7,12-13H2,1H3,(H2,26,27,28,29,30). The van der Waals surface area contributed by atoms with Crippen LogP contribution in [-0.4, -0.2) is 37.5 Å². The predicted octanol–water partition coefficient (Wildman–Crippen LogP) is 5.49. The molecule has 7 nitrogen and oxygen atoms in total. The normalized spacial score (nSPS) is 16.3. The van der Waals surface area contributed by atoms with E-state index in [1.807, 2.05) is 59.5 Å². The summed E-state index contributed by atoms with van der Waals surface area (Å²) in [5.41, 5.74) is 2.48. The first kappa shape index (κ1) is 20.5. The Bertz CT molecular complexity index is 1290. The van der Waals surface area contributed by atoms with E-state index in [1.165, 1.54) is 0 Å². The van der Waals surface area contributed by atoms with Gasteiger partial charge in [-0.2, -0.15) is 5.10 Å². The number of likely N-dealkylation sites (tertiary alicyclic amines) is 1. The lowest BCUT2D eigenvalue weighted by Gasteiger charge is -2.34. The van der Waals surface area contributed by atoms with Gasteiger partial charge in [0, 0.05) is 30.5 Å². The van der Waals surface area contributed by atoms with E-state index in [1.54, 1.807) is 6.92 Å². The summed E-state index contributed by atoms with van der Waals surface area (Å²) in [4.78, 5) is 23.8. The van der Waals surface area contributed by atoms with Crippen molar-refractivity contribution in [3.05, 3.63) is 65.3 Å². The second-order valence-electron chi connectivity index (χ2n) is 7.95. The maximum Gasteiger partial charge on any atom is 0.220 e. The minimum Gasteiger partial charge on any atom is -0.334 e. The highest BCUT2D eigenvalue weighted by atomic mass is 35.5. The van der Waals surface area contributed by atoms with Gasteiger partial charge < -0.3 is 10.2 Å². The number of hydrogen-bond donors (Lipinski definition) is 2. The number of carbonyl (C=O) groups excluding carboxylic acids is 1. The van der Waals surface area contributed by atoms with Gasteiger partial charge in [0.05, 0.1) is 22.3 Å². The average Bonchev–Trinajstić information content (AvgIpc) is 3.22.